The first kappa shape index (κ1) is 17.0. The van der Waals surface area contributed by atoms with Crippen molar-refractivity contribution in [3.8, 4) is 0 Å². The van der Waals surface area contributed by atoms with Crippen LogP contribution in [0.15, 0.2) is 42.5 Å². The van der Waals surface area contributed by atoms with E-state index in [9.17, 15) is 9.59 Å². The highest BCUT2D eigenvalue weighted by Gasteiger charge is 2.22. The van der Waals surface area contributed by atoms with E-state index >= 15 is 0 Å². The molecule has 2 aromatic rings. The van der Waals surface area contributed by atoms with E-state index in [0.717, 1.165) is 16.8 Å². The van der Waals surface area contributed by atoms with Crippen molar-refractivity contribution >= 4 is 23.3 Å². The van der Waals surface area contributed by atoms with Crippen molar-refractivity contribution < 1.29 is 9.59 Å². The number of benzene rings is 2. The van der Waals surface area contributed by atoms with Crippen LogP contribution >= 0.6 is 0 Å². The molecule has 0 radical (unpaired) electrons. The molecule has 1 aliphatic carbocycles. The molecule has 0 aromatic heterocycles. The molecule has 0 saturated heterocycles. The zero-order chi connectivity index (χ0) is 17.8. The molecule has 0 spiro atoms. The molecule has 5 nitrogen and oxygen atoms in total. The lowest BCUT2D eigenvalue weighted by molar-refractivity contribution is 0.0952. The molecule has 3 amide bonds. The van der Waals surface area contributed by atoms with E-state index in [1.165, 1.54) is 12.8 Å². The number of carbonyl (C=O) groups is 2. The van der Waals surface area contributed by atoms with Gasteiger partial charge in [-0.15, -0.1) is 0 Å². The quantitative estimate of drug-likeness (QED) is 0.769. The summed E-state index contributed by atoms with van der Waals surface area (Å²) in [7, 11) is 0. The summed E-state index contributed by atoms with van der Waals surface area (Å²) in [5.41, 5.74) is 3.85. The second-order valence-electron chi connectivity index (χ2n) is 6.65. The number of urea groups is 1. The van der Waals surface area contributed by atoms with Gasteiger partial charge in [0.25, 0.3) is 5.91 Å². The minimum Gasteiger partial charge on any atom is -0.352 e. The first-order valence-electron chi connectivity index (χ1n) is 8.55. The lowest BCUT2D eigenvalue weighted by Crippen LogP contribution is -2.28. The van der Waals surface area contributed by atoms with Crippen molar-refractivity contribution in [3.05, 3.63) is 59.2 Å². The smallest absolute Gasteiger partial charge is 0.323 e. The third kappa shape index (κ3) is 4.83. The van der Waals surface area contributed by atoms with Gasteiger partial charge in [0.05, 0.1) is 11.3 Å². The summed E-state index contributed by atoms with van der Waals surface area (Å²) in [5.74, 6) is 0.450. The zero-order valence-electron chi connectivity index (χ0n) is 14.6. The summed E-state index contributed by atoms with van der Waals surface area (Å²) in [4.78, 5) is 24.6. The Morgan fingerprint density at radius 1 is 1.00 bits per heavy atom. The fraction of sp³-hybridized carbons (Fsp3) is 0.300. The summed E-state index contributed by atoms with van der Waals surface area (Å²) < 4.78 is 0. The van der Waals surface area contributed by atoms with E-state index < -0.39 is 0 Å². The summed E-state index contributed by atoms with van der Waals surface area (Å²) in [5, 5.41) is 8.52. The molecule has 0 heterocycles. The van der Waals surface area contributed by atoms with E-state index in [4.69, 9.17) is 0 Å². The van der Waals surface area contributed by atoms with Crippen LogP contribution in [-0.2, 0) is 0 Å². The maximum atomic E-state index is 12.3. The number of hydrogen-bond acceptors (Lipinski definition) is 2. The van der Waals surface area contributed by atoms with Crippen LogP contribution in [0, 0.1) is 19.8 Å². The predicted molar refractivity (Wildman–Crippen MR) is 100 cm³/mol. The van der Waals surface area contributed by atoms with Crippen LogP contribution in [0.25, 0.3) is 0 Å². The van der Waals surface area contributed by atoms with Crippen molar-refractivity contribution in [1.82, 2.24) is 5.32 Å². The van der Waals surface area contributed by atoms with Crippen molar-refractivity contribution in [2.24, 2.45) is 5.92 Å². The Morgan fingerprint density at radius 3 is 2.36 bits per heavy atom. The van der Waals surface area contributed by atoms with Crippen molar-refractivity contribution in [2.75, 3.05) is 17.2 Å². The molecule has 3 rings (SSSR count). The second-order valence-corrected chi connectivity index (χ2v) is 6.65. The Bertz CT molecular complexity index is 777. The fourth-order valence-corrected chi connectivity index (χ4v) is 2.78. The molecule has 1 fully saturated rings. The Morgan fingerprint density at radius 2 is 1.68 bits per heavy atom. The highest BCUT2D eigenvalue weighted by Crippen LogP contribution is 2.27. The van der Waals surface area contributed by atoms with Crippen LogP contribution in [0.2, 0.25) is 0 Å². The Kier molecular flexibility index (Phi) is 5.03. The number of amides is 3. The summed E-state index contributed by atoms with van der Waals surface area (Å²) >= 11 is 0. The molecule has 5 heteroatoms. The molecule has 0 atom stereocenters. The monoisotopic (exact) mass is 337 g/mol. The molecule has 0 unspecified atom stereocenters. The molecule has 2 aromatic carbocycles. The molecule has 3 N–H and O–H groups in total. The summed E-state index contributed by atoms with van der Waals surface area (Å²) in [6, 6.07) is 12.5. The van der Waals surface area contributed by atoms with E-state index in [1.54, 1.807) is 24.3 Å². The van der Waals surface area contributed by atoms with Crippen LogP contribution in [0.5, 0.6) is 0 Å². The third-order valence-electron chi connectivity index (χ3n) is 4.15. The molecule has 25 heavy (non-hydrogen) atoms. The van der Waals surface area contributed by atoms with Crippen molar-refractivity contribution in [1.29, 1.82) is 0 Å². The van der Waals surface area contributed by atoms with Crippen molar-refractivity contribution in [3.63, 3.8) is 0 Å². The number of aryl methyl sites for hydroxylation is 2. The van der Waals surface area contributed by atoms with Crippen LogP contribution in [0.3, 0.4) is 0 Å². The van der Waals surface area contributed by atoms with E-state index in [1.807, 2.05) is 32.0 Å². The van der Waals surface area contributed by atoms with Gasteiger partial charge in [-0.2, -0.15) is 0 Å². The van der Waals surface area contributed by atoms with Crippen LogP contribution in [0.4, 0.5) is 16.2 Å². The highest BCUT2D eigenvalue weighted by molar-refractivity contribution is 6.06. The average molecular weight is 337 g/mol. The molecule has 0 aliphatic heterocycles. The molecule has 1 saturated carbocycles. The number of carbonyl (C=O) groups excluding carboxylic acids is 2. The molecular weight excluding hydrogens is 314 g/mol. The van der Waals surface area contributed by atoms with Gasteiger partial charge in [0.1, 0.15) is 0 Å². The standard InChI is InChI=1S/C20H23N3O2/c1-13-9-14(2)11-16(10-13)22-20(25)23-18-6-4-3-5-17(18)19(24)21-12-15-7-8-15/h3-6,9-11,15H,7-8,12H2,1-2H3,(H,21,24)(H2,22,23,25). The number of rotatable bonds is 5. The first-order valence-corrected chi connectivity index (χ1v) is 8.55. The van der Waals surface area contributed by atoms with E-state index in [0.29, 0.717) is 23.7 Å². The molecule has 130 valence electrons. The summed E-state index contributed by atoms with van der Waals surface area (Å²) in [6.07, 6.45) is 2.36. The minimum atomic E-state index is -0.368. The van der Waals surface area contributed by atoms with E-state index in [2.05, 4.69) is 16.0 Å². The first-order chi connectivity index (χ1) is 12.0. The average Bonchev–Trinajstić information content (AvgIpc) is 3.36. The SMILES string of the molecule is Cc1cc(C)cc(NC(=O)Nc2ccccc2C(=O)NCC2CC2)c1. The predicted octanol–water partition coefficient (Wildman–Crippen LogP) is 4.09. The maximum absolute atomic E-state index is 12.3. The van der Waals surface area contributed by atoms with Gasteiger partial charge in [0, 0.05) is 12.2 Å². The Balaban J connectivity index is 1.67. The van der Waals surface area contributed by atoms with Gasteiger partial charge in [-0.3, -0.25) is 4.79 Å². The minimum absolute atomic E-state index is 0.158. The van der Waals surface area contributed by atoms with Gasteiger partial charge >= 0.3 is 6.03 Å². The number of hydrogen-bond donors (Lipinski definition) is 3. The van der Waals surface area contributed by atoms with Gasteiger partial charge in [-0.1, -0.05) is 18.2 Å². The normalized spacial score (nSPS) is 13.2. The Labute approximate surface area is 147 Å². The van der Waals surface area contributed by atoms with Gasteiger partial charge in [-0.25, -0.2) is 4.79 Å². The number of anilines is 2. The summed E-state index contributed by atoms with van der Waals surface area (Å²) in [6.45, 7) is 4.66. The highest BCUT2D eigenvalue weighted by atomic mass is 16.2. The van der Waals surface area contributed by atoms with Crippen LogP contribution in [-0.4, -0.2) is 18.5 Å². The van der Waals surface area contributed by atoms with Crippen molar-refractivity contribution in [2.45, 2.75) is 26.7 Å². The molecule has 1 aliphatic rings. The maximum Gasteiger partial charge on any atom is 0.323 e. The van der Waals surface area contributed by atoms with Gasteiger partial charge in [0.2, 0.25) is 0 Å². The van der Waals surface area contributed by atoms with Crippen LogP contribution < -0.4 is 16.0 Å². The van der Waals surface area contributed by atoms with Crippen LogP contribution in [0.1, 0.15) is 34.3 Å². The Hall–Kier alpha value is -2.82. The zero-order valence-corrected chi connectivity index (χ0v) is 14.6. The van der Waals surface area contributed by atoms with Gasteiger partial charge < -0.3 is 16.0 Å². The third-order valence-corrected chi connectivity index (χ3v) is 4.15. The van der Waals surface area contributed by atoms with Gasteiger partial charge in [-0.05, 0) is 68.0 Å². The topological polar surface area (TPSA) is 70.2 Å². The number of para-hydroxylation sites is 1. The number of nitrogens with one attached hydrogen (secondary N) is 3. The van der Waals surface area contributed by atoms with E-state index in [-0.39, 0.29) is 11.9 Å². The lowest BCUT2D eigenvalue weighted by atomic mass is 10.1. The fourth-order valence-electron chi connectivity index (χ4n) is 2.78. The largest absolute Gasteiger partial charge is 0.352 e. The second kappa shape index (κ2) is 7.38. The molecule has 0 bridgehead atoms. The molecular formula is C20H23N3O2. The van der Waals surface area contributed by atoms with Gasteiger partial charge in [0.15, 0.2) is 0 Å². The lowest BCUT2D eigenvalue weighted by Gasteiger charge is -2.13.